The van der Waals surface area contributed by atoms with Crippen molar-refractivity contribution in [2.45, 2.75) is 13.3 Å². The fourth-order valence-electron chi connectivity index (χ4n) is 1.91. The summed E-state index contributed by atoms with van der Waals surface area (Å²) in [5, 5.41) is 2.64. The van der Waals surface area contributed by atoms with Crippen LogP contribution < -0.4 is 5.32 Å². The van der Waals surface area contributed by atoms with E-state index in [4.69, 9.17) is 0 Å². The summed E-state index contributed by atoms with van der Waals surface area (Å²) in [7, 11) is 0. The minimum Gasteiger partial charge on any atom is -0.325 e. The van der Waals surface area contributed by atoms with Crippen LogP contribution in [0.4, 0.5) is 10.1 Å². The molecule has 0 aromatic heterocycles. The number of halogens is 1. The Hall–Kier alpha value is -2.49. The lowest BCUT2D eigenvalue weighted by molar-refractivity contribution is -0.115. The Morgan fingerprint density at radius 1 is 1.05 bits per heavy atom. The van der Waals surface area contributed by atoms with E-state index in [-0.39, 0.29) is 18.1 Å². The van der Waals surface area contributed by atoms with E-state index in [0.29, 0.717) is 16.8 Å². The lowest BCUT2D eigenvalue weighted by Crippen LogP contribution is -2.17. The van der Waals surface area contributed by atoms with Crippen molar-refractivity contribution in [3.05, 3.63) is 65.5 Å². The van der Waals surface area contributed by atoms with Gasteiger partial charge >= 0.3 is 0 Å². The van der Waals surface area contributed by atoms with Crippen LogP contribution in [0.25, 0.3) is 0 Å². The van der Waals surface area contributed by atoms with Gasteiger partial charge < -0.3 is 5.32 Å². The zero-order valence-electron chi connectivity index (χ0n) is 11.0. The minimum absolute atomic E-state index is 0.0705. The predicted octanol–water partition coefficient (Wildman–Crippen LogP) is 3.21. The zero-order valence-corrected chi connectivity index (χ0v) is 11.0. The van der Waals surface area contributed by atoms with Gasteiger partial charge in [-0.15, -0.1) is 0 Å². The third-order valence-electron chi connectivity index (χ3n) is 2.89. The minimum atomic E-state index is -0.414. The van der Waals surface area contributed by atoms with E-state index in [9.17, 15) is 14.0 Å². The van der Waals surface area contributed by atoms with Gasteiger partial charge in [0.2, 0.25) is 5.91 Å². The summed E-state index contributed by atoms with van der Waals surface area (Å²) in [6.45, 7) is 1.43. The number of carbonyl (C=O) groups excluding carboxylic acids is 2. The highest BCUT2D eigenvalue weighted by Gasteiger charge is 2.11. The molecule has 2 aromatic rings. The molecule has 0 unspecified atom stereocenters. The summed E-state index contributed by atoms with van der Waals surface area (Å²) >= 11 is 0. The van der Waals surface area contributed by atoms with Crippen LogP contribution in [0.1, 0.15) is 22.8 Å². The molecule has 0 atom stereocenters. The van der Waals surface area contributed by atoms with Gasteiger partial charge in [0.05, 0.1) is 12.1 Å². The monoisotopic (exact) mass is 271 g/mol. The number of benzene rings is 2. The molecule has 3 nitrogen and oxygen atoms in total. The first kappa shape index (κ1) is 13.9. The second-order valence-electron chi connectivity index (χ2n) is 4.42. The lowest BCUT2D eigenvalue weighted by atomic mass is 10.1. The zero-order chi connectivity index (χ0) is 14.5. The summed E-state index contributed by atoms with van der Waals surface area (Å²) in [6, 6.07) is 12.9. The van der Waals surface area contributed by atoms with Crippen molar-refractivity contribution < 1.29 is 14.0 Å². The van der Waals surface area contributed by atoms with Crippen LogP contribution in [-0.2, 0) is 11.2 Å². The molecule has 0 spiro atoms. The Balaban J connectivity index is 2.13. The quantitative estimate of drug-likeness (QED) is 0.868. The van der Waals surface area contributed by atoms with E-state index in [2.05, 4.69) is 5.32 Å². The maximum atomic E-state index is 13.5. The number of nitrogens with one attached hydrogen (secondary N) is 1. The maximum absolute atomic E-state index is 13.5. The van der Waals surface area contributed by atoms with Gasteiger partial charge in [0, 0.05) is 5.56 Å². The van der Waals surface area contributed by atoms with E-state index in [1.807, 2.05) is 0 Å². The molecule has 0 fully saturated rings. The largest absolute Gasteiger partial charge is 0.325 e. The van der Waals surface area contributed by atoms with Gasteiger partial charge in [-0.1, -0.05) is 30.3 Å². The van der Waals surface area contributed by atoms with Gasteiger partial charge in [-0.3, -0.25) is 9.59 Å². The van der Waals surface area contributed by atoms with Gasteiger partial charge in [0.15, 0.2) is 5.78 Å². The van der Waals surface area contributed by atoms with Crippen molar-refractivity contribution in [3.8, 4) is 0 Å². The molecule has 2 aromatic carbocycles. The summed E-state index contributed by atoms with van der Waals surface area (Å²) in [6.07, 6.45) is -0.0705. The second-order valence-corrected chi connectivity index (χ2v) is 4.42. The molecule has 0 heterocycles. The van der Waals surface area contributed by atoms with Crippen LogP contribution in [0.3, 0.4) is 0 Å². The molecular formula is C16H14FNO2. The number of anilines is 1. The van der Waals surface area contributed by atoms with Crippen LogP contribution in [0.2, 0.25) is 0 Å². The molecule has 0 aliphatic rings. The molecule has 0 aliphatic carbocycles. The van der Waals surface area contributed by atoms with Crippen molar-refractivity contribution in [2.24, 2.45) is 0 Å². The van der Waals surface area contributed by atoms with Crippen LogP contribution in [-0.4, -0.2) is 11.7 Å². The number of hydrogen-bond donors (Lipinski definition) is 1. The van der Waals surface area contributed by atoms with Crippen LogP contribution in [0.15, 0.2) is 48.5 Å². The number of para-hydroxylation sites is 1. The van der Waals surface area contributed by atoms with E-state index in [1.165, 1.54) is 13.0 Å². The maximum Gasteiger partial charge on any atom is 0.228 e. The average Bonchev–Trinajstić information content (AvgIpc) is 2.41. The number of carbonyl (C=O) groups is 2. The first-order valence-corrected chi connectivity index (χ1v) is 6.21. The van der Waals surface area contributed by atoms with E-state index in [1.54, 1.807) is 42.5 Å². The summed E-state index contributed by atoms with van der Waals surface area (Å²) < 4.78 is 13.5. The summed E-state index contributed by atoms with van der Waals surface area (Å²) in [4.78, 5) is 23.4. The molecule has 1 amide bonds. The van der Waals surface area contributed by atoms with Gasteiger partial charge in [0.1, 0.15) is 5.82 Å². The Morgan fingerprint density at radius 3 is 2.40 bits per heavy atom. The molecule has 20 heavy (non-hydrogen) atoms. The Morgan fingerprint density at radius 2 is 1.70 bits per heavy atom. The van der Waals surface area contributed by atoms with Gasteiger partial charge in [-0.2, -0.15) is 0 Å². The number of amides is 1. The Bertz CT molecular complexity index is 652. The van der Waals surface area contributed by atoms with Gasteiger partial charge in [-0.05, 0) is 30.7 Å². The van der Waals surface area contributed by atoms with Crippen LogP contribution in [0.5, 0.6) is 0 Å². The fraction of sp³-hybridized carbons (Fsp3) is 0.125. The predicted molar refractivity (Wildman–Crippen MR) is 75.2 cm³/mol. The normalized spacial score (nSPS) is 10.1. The molecule has 0 radical (unpaired) electrons. The molecule has 102 valence electrons. The van der Waals surface area contributed by atoms with Crippen molar-refractivity contribution in [3.63, 3.8) is 0 Å². The SMILES string of the molecule is CC(=O)c1ccccc1NC(=O)Cc1ccccc1F. The smallest absolute Gasteiger partial charge is 0.228 e. The molecule has 1 N–H and O–H groups in total. The molecule has 0 saturated carbocycles. The van der Waals surface area contributed by atoms with Crippen LogP contribution >= 0.6 is 0 Å². The third kappa shape index (κ3) is 3.29. The van der Waals surface area contributed by atoms with E-state index < -0.39 is 5.82 Å². The molecule has 0 bridgehead atoms. The highest BCUT2D eigenvalue weighted by atomic mass is 19.1. The third-order valence-corrected chi connectivity index (χ3v) is 2.89. The Labute approximate surface area is 116 Å². The first-order valence-electron chi connectivity index (χ1n) is 6.21. The highest BCUT2D eigenvalue weighted by molar-refractivity contribution is 6.04. The lowest BCUT2D eigenvalue weighted by Gasteiger charge is -2.09. The average molecular weight is 271 g/mol. The highest BCUT2D eigenvalue weighted by Crippen LogP contribution is 2.16. The topological polar surface area (TPSA) is 46.2 Å². The van der Waals surface area contributed by atoms with Crippen molar-refractivity contribution in [1.82, 2.24) is 0 Å². The number of hydrogen-bond acceptors (Lipinski definition) is 2. The van der Waals surface area contributed by atoms with Crippen LogP contribution in [0, 0.1) is 5.82 Å². The standard InChI is InChI=1S/C16H14FNO2/c1-11(19)13-7-3-5-9-15(13)18-16(20)10-12-6-2-4-8-14(12)17/h2-9H,10H2,1H3,(H,18,20). The second kappa shape index (κ2) is 6.10. The summed E-state index contributed by atoms with van der Waals surface area (Å²) in [5.74, 6) is -0.905. The van der Waals surface area contributed by atoms with Crippen molar-refractivity contribution in [2.75, 3.05) is 5.32 Å². The van der Waals surface area contributed by atoms with Gasteiger partial charge in [0.25, 0.3) is 0 Å². The number of Topliss-reactive ketones (excluding diaryl/α,β-unsaturated/α-hetero) is 1. The van der Waals surface area contributed by atoms with E-state index in [0.717, 1.165) is 0 Å². The molecular weight excluding hydrogens is 257 g/mol. The number of rotatable bonds is 4. The fourth-order valence-corrected chi connectivity index (χ4v) is 1.91. The number of ketones is 1. The van der Waals surface area contributed by atoms with E-state index >= 15 is 0 Å². The Kier molecular flexibility index (Phi) is 4.25. The molecule has 0 aliphatic heterocycles. The summed E-state index contributed by atoms with van der Waals surface area (Å²) in [5.41, 5.74) is 1.21. The molecule has 0 saturated heterocycles. The van der Waals surface area contributed by atoms with Gasteiger partial charge in [-0.25, -0.2) is 4.39 Å². The molecule has 4 heteroatoms. The first-order chi connectivity index (χ1) is 9.58. The van der Waals surface area contributed by atoms with Crippen molar-refractivity contribution in [1.29, 1.82) is 0 Å². The molecule has 2 rings (SSSR count). The van der Waals surface area contributed by atoms with Crippen molar-refractivity contribution >= 4 is 17.4 Å².